The summed E-state index contributed by atoms with van der Waals surface area (Å²) in [5.74, 6) is 0.165. The molecule has 0 amide bonds. The Hall–Kier alpha value is -2.82. The van der Waals surface area contributed by atoms with Crippen LogP contribution >= 0.6 is 23.1 Å². The SMILES string of the molecule is CCOC(=O)COc1ccc(/C=C(\C#N)Sc2nc3ccccc3s2)cc1. The average Bonchev–Trinajstić information content (AvgIpc) is 3.09. The molecule has 0 bridgehead atoms. The summed E-state index contributed by atoms with van der Waals surface area (Å²) in [5, 5.41) is 9.44. The predicted molar refractivity (Wildman–Crippen MR) is 108 cm³/mol. The quantitative estimate of drug-likeness (QED) is 0.321. The van der Waals surface area contributed by atoms with E-state index in [1.807, 2.05) is 36.4 Å². The number of rotatable bonds is 7. The van der Waals surface area contributed by atoms with Gasteiger partial charge in [0.25, 0.3) is 0 Å². The Kier molecular flexibility index (Phi) is 6.47. The van der Waals surface area contributed by atoms with Gasteiger partial charge in [0.15, 0.2) is 10.9 Å². The lowest BCUT2D eigenvalue weighted by molar-refractivity contribution is -0.145. The van der Waals surface area contributed by atoms with Crippen LogP contribution in [0.25, 0.3) is 16.3 Å². The highest BCUT2D eigenvalue weighted by atomic mass is 32.2. The average molecular weight is 396 g/mol. The van der Waals surface area contributed by atoms with Crippen molar-refractivity contribution < 1.29 is 14.3 Å². The monoisotopic (exact) mass is 396 g/mol. The highest BCUT2D eigenvalue weighted by molar-refractivity contribution is 8.05. The molecule has 27 heavy (non-hydrogen) atoms. The molecule has 0 saturated carbocycles. The summed E-state index contributed by atoms with van der Waals surface area (Å²) in [6.45, 7) is 1.95. The van der Waals surface area contributed by atoms with E-state index in [0.717, 1.165) is 20.1 Å². The normalized spacial score (nSPS) is 11.2. The number of hydrogen-bond donors (Lipinski definition) is 0. The van der Waals surface area contributed by atoms with Crippen LogP contribution in [0.1, 0.15) is 12.5 Å². The minimum atomic E-state index is -0.402. The summed E-state index contributed by atoms with van der Waals surface area (Å²) >= 11 is 2.91. The third kappa shape index (κ3) is 5.33. The van der Waals surface area contributed by atoms with Gasteiger partial charge in [-0.3, -0.25) is 0 Å². The molecule has 1 heterocycles. The van der Waals surface area contributed by atoms with E-state index in [1.165, 1.54) is 11.8 Å². The van der Waals surface area contributed by atoms with Crippen LogP contribution in [0.15, 0.2) is 57.8 Å². The summed E-state index contributed by atoms with van der Waals surface area (Å²) < 4.78 is 12.1. The van der Waals surface area contributed by atoms with Gasteiger partial charge in [-0.1, -0.05) is 24.3 Å². The van der Waals surface area contributed by atoms with Gasteiger partial charge < -0.3 is 9.47 Å². The number of thiazole rings is 1. The zero-order chi connectivity index (χ0) is 19.1. The van der Waals surface area contributed by atoms with Crippen molar-refractivity contribution >= 4 is 45.4 Å². The van der Waals surface area contributed by atoms with Crippen molar-refractivity contribution in [2.75, 3.05) is 13.2 Å². The van der Waals surface area contributed by atoms with Crippen molar-refractivity contribution in [1.29, 1.82) is 5.26 Å². The van der Waals surface area contributed by atoms with E-state index in [1.54, 1.807) is 36.5 Å². The van der Waals surface area contributed by atoms with Gasteiger partial charge in [0.1, 0.15) is 11.8 Å². The Morgan fingerprint density at radius 3 is 2.74 bits per heavy atom. The molecule has 0 aliphatic carbocycles. The molecule has 1 aromatic heterocycles. The third-order valence-electron chi connectivity index (χ3n) is 3.42. The number of nitrogens with zero attached hydrogens (tertiary/aromatic N) is 2. The van der Waals surface area contributed by atoms with E-state index in [2.05, 4.69) is 11.1 Å². The zero-order valence-corrected chi connectivity index (χ0v) is 16.2. The van der Waals surface area contributed by atoms with Gasteiger partial charge in [0.05, 0.1) is 21.7 Å². The fourth-order valence-electron chi connectivity index (χ4n) is 2.23. The van der Waals surface area contributed by atoms with E-state index in [0.29, 0.717) is 17.3 Å². The number of hydrogen-bond acceptors (Lipinski definition) is 7. The van der Waals surface area contributed by atoms with Crippen molar-refractivity contribution in [1.82, 2.24) is 4.98 Å². The fraction of sp³-hybridized carbons (Fsp3) is 0.150. The van der Waals surface area contributed by atoms with Crippen LogP contribution < -0.4 is 4.74 Å². The summed E-state index contributed by atoms with van der Waals surface area (Å²) in [6, 6.07) is 17.3. The Morgan fingerprint density at radius 1 is 1.26 bits per heavy atom. The number of para-hydroxylation sites is 1. The molecule has 0 fully saturated rings. The summed E-state index contributed by atoms with van der Waals surface area (Å²) in [6.07, 6.45) is 1.80. The molecule has 0 atom stereocenters. The van der Waals surface area contributed by atoms with Crippen LogP contribution in [0, 0.1) is 11.3 Å². The van der Waals surface area contributed by atoms with Gasteiger partial charge in [-0.15, -0.1) is 11.3 Å². The molecule has 0 aliphatic rings. The Morgan fingerprint density at radius 2 is 2.04 bits per heavy atom. The maximum atomic E-state index is 11.3. The largest absolute Gasteiger partial charge is 0.482 e. The molecular formula is C20H16N2O3S2. The number of carbonyl (C=O) groups excluding carboxylic acids is 1. The van der Waals surface area contributed by atoms with E-state index in [-0.39, 0.29) is 6.61 Å². The maximum absolute atomic E-state index is 11.3. The van der Waals surface area contributed by atoms with Crippen molar-refractivity contribution in [2.24, 2.45) is 0 Å². The number of ether oxygens (including phenoxy) is 2. The number of allylic oxidation sites excluding steroid dienone is 1. The van der Waals surface area contributed by atoms with Crippen LogP contribution in [-0.2, 0) is 9.53 Å². The molecule has 0 radical (unpaired) electrons. The molecule has 0 saturated heterocycles. The van der Waals surface area contributed by atoms with Crippen LogP contribution in [-0.4, -0.2) is 24.2 Å². The molecule has 3 aromatic rings. The van der Waals surface area contributed by atoms with Gasteiger partial charge in [0.2, 0.25) is 0 Å². The van der Waals surface area contributed by atoms with Crippen LogP contribution in [0.2, 0.25) is 0 Å². The van der Waals surface area contributed by atoms with Gasteiger partial charge in [-0.05, 0) is 54.6 Å². The molecule has 2 aromatic carbocycles. The van der Waals surface area contributed by atoms with Crippen molar-refractivity contribution in [3.63, 3.8) is 0 Å². The van der Waals surface area contributed by atoms with Crippen LogP contribution in [0.3, 0.4) is 0 Å². The van der Waals surface area contributed by atoms with E-state index in [9.17, 15) is 10.1 Å². The van der Waals surface area contributed by atoms with E-state index < -0.39 is 5.97 Å². The number of benzene rings is 2. The number of esters is 1. The standard InChI is InChI=1S/C20H16N2O3S2/c1-2-24-19(23)13-25-15-9-7-14(8-10-15)11-16(12-21)26-20-22-17-5-3-4-6-18(17)27-20/h3-11H,2,13H2,1H3/b16-11+. The van der Waals surface area contributed by atoms with Gasteiger partial charge in [0, 0.05) is 0 Å². The first-order valence-electron chi connectivity index (χ1n) is 8.21. The molecule has 0 N–H and O–H groups in total. The van der Waals surface area contributed by atoms with Gasteiger partial charge >= 0.3 is 5.97 Å². The van der Waals surface area contributed by atoms with Crippen molar-refractivity contribution in [3.05, 3.63) is 59.0 Å². The second-order valence-electron chi connectivity index (χ2n) is 5.33. The molecule has 136 valence electrons. The third-order valence-corrected chi connectivity index (χ3v) is 5.45. The van der Waals surface area contributed by atoms with E-state index in [4.69, 9.17) is 9.47 Å². The summed E-state index contributed by atoms with van der Waals surface area (Å²) in [5.41, 5.74) is 1.80. The van der Waals surface area contributed by atoms with Crippen LogP contribution in [0.4, 0.5) is 0 Å². The maximum Gasteiger partial charge on any atom is 0.344 e. The molecule has 0 aliphatic heterocycles. The zero-order valence-electron chi connectivity index (χ0n) is 14.5. The fourth-order valence-corrected chi connectivity index (χ4v) is 4.21. The lowest BCUT2D eigenvalue weighted by Gasteiger charge is -2.05. The first-order chi connectivity index (χ1) is 13.2. The highest BCUT2D eigenvalue weighted by Gasteiger charge is 2.07. The minimum absolute atomic E-state index is 0.125. The summed E-state index contributed by atoms with van der Waals surface area (Å²) in [7, 11) is 0. The molecular weight excluding hydrogens is 380 g/mol. The van der Waals surface area contributed by atoms with E-state index >= 15 is 0 Å². The van der Waals surface area contributed by atoms with Gasteiger partial charge in [-0.2, -0.15) is 5.26 Å². The molecule has 0 spiro atoms. The number of aromatic nitrogens is 1. The molecule has 5 nitrogen and oxygen atoms in total. The lowest BCUT2D eigenvalue weighted by Crippen LogP contribution is -2.14. The Bertz CT molecular complexity index is 971. The lowest BCUT2D eigenvalue weighted by atomic mass is 10.2. The molecule has 0 unspecified atom stereocenters. The minimum Gasteiger partial charge on any atom is -0.482 e. The Balaban J connectivity index is 1.66. The second kappa shape index (κ2) is 9.21. The van der Waals surface area contributed by atoms with Crippen LogP contribution in [0.5, 0.6) is 5.75 Å². The number of fused-ring (bicyclic) bond motifs is 1. The Labute approximate surface area is 165 Å². The second-order valence-corrected chi connectivity index (χ2v) is 7.65. The summed E-state index contributed by atoms with van der Waals surface area (Å²) in [4.78, 5) is 16.4. The predicted octanol–water partition coefficient (Wildman–Crippen LogP) is 4.89. The number of thioether (sulfide) groups is 1. The molecule has 7 heteroatoms. The highest BCUT2D eigenvalue weighted by Crippen LogP contribution is 2.34. The van der Waals surface area contributed by atoms with Crippen molar-refractivity contribution in [2.45, 2.75) is 11.3 Å². The first-order valence-corrected chi connectivity index (χ1v) is 9.85. The molecule has 3 rings (SSSR count). The smallest absolute Gasteiger partial charge is 0.344 e. The number of carbonyl (C=O) groups is 1. The number of nitriles is 1. The van der Waals surface area contributed by atoms with Crippen molar-refractivity contribution in [3.8, 4) is 11.8 Å². The van der Waals surface area contributed by atoms with Gasteiger partial charge in [-0.25, -0.2) is 9.78 Å². The first kappa shape index (κ1) is 19.0. The topological polar surface area (TPSA) is 72.2 Å².